The first-order valence-electron chi connectivity index (χ1n) is 6.97. The molecular formula is C13H22N4O7. The first-order valence-corrected chi connectivity index (χ1v) is 6.97. The summed E-state index contributed by atoms with van der Waals surface area (Å²) in [5, 5.41) is 24.1. The van der Waals surface area contributed by atoms with Gasteiger partial charge < -0.3 is 31.9 Å². The van der Waals surface area contributed by atoms with Crippen LogP contribution in [0.15, 0.2) is 0 Å². The Labute approximate surface area is 138 Å². The third kappa shape index (κ3) is 7.05. The van der Waals surface area contributed by atoms with Gasteiger partial charge in [-0.25, -0.2) is 4.79 Å². The molecule has 0 aliphatic carbocycles. The van der Waals surface area contributed by atoms with E-state index >= 15 is 0 Å². The zero-order valence-electron chi connectivity index (χ0n) is 13.6. The van der Waals surface area contributed by atoms with Gasteiger partial charge in [0, 0.05) is 0 Å². The average molecular weight is 346 g/mol. The number of carbonyl (C=O) groups excluding carboxylic acids is 3. The molecule has 0 aromatic rings. The first-order chi connectivity index (χ1) is 10.9. The van der Waals surface area contributed by atoms with Gasteiger partial charge in [-0.1, -0.05) is 0 Å². The van der Waals surface area contributed by atoms with Crippen LogP contribution in [-0.4, -0.2) is 64.0 Å². The van der Waals surface area contributed by atoms with Crippen LogP contribution < -0.4 is 21.7 Å². The fraction of sp³-hybridized carbons (Fsp3) is 0.615. The minimum absolute atomic E-state index is 0.317. The summed E-state index contributed by atoms with van der Waals surface area (Å²) in [5.41, 5.74) is 3.79. The van der Waals surface area contributed by atoms with Crippen molar-refractivity contribution in [2.24, 2.45) is 5.73 Å². The molecule has 0 spiro atoms. The van der Waals surface area contributed by atoms with E-state index in [1.54, 1.807) is 0 Å². The Morgan fingerprint density at radius 2 is 1.62 bits per heavy atom. The summed E-state index contributed by atoms with van der Waals surface area (Å²) in [6, 6.07) is -2.78. The van der Waals surface area contributed by atoms with Gasteiger partial charge in [0.25, 0.3) is 0 Å². The van der Waals surface area contributed by atoms with E-state index in [1.165, 1.54) is 20.8 Å². The van der Waals surface area contributed by atoms with Crippen LogP contribution in [0.4, 0.5) is 0 Å². The highest BCUT2D eigenvalue weighted by Crippen LogP contribution is 2.03. The summed E-state index contributed by atoms with van der Waals surface area (Å²) in [7, 11) is 0. The molecule has 136 valence electrons. The lowest BCUT2D eigenvalue weighted by Crippen LogP contribution is -2.59. The van der Waals surface area contributed by atoms with Crippen molar-refractivity contribution in [2.75, 3.05) is 6.54 Å². The molecule has 0 saturated carbocycles. The van der Waals surface area contributed by atoms with Gasteiger partial charge in [-0.2, -0.15) is 0 Å². The largest absolute Gasteiger partial charge is 0.481 e. The number of hydrogen-bond donors (Lipinski definition) is 6. The number of rotatable bonds is 9. The fourth-order valence-corrected chi connectivity index (χ4v) is 1.57. The zero-order chi connectivity index (χ0) is 19.1. The number of nitrogens with two attached hydrogens (primary N) is 1. The molecule has 24 heavy (non-hydrogen) atoms. The van der Waals surface area contributed by atoms with Crippen LogP contribution >= 0.6 is 0 Å². The number of aliphatic carboxylic acids is 2. The molecule has 0 fully saturated rings. The van der Waals surface area contributed by atoms with Crippen LogP contribution in [0.5, 0.6) is 0 Å². The van der Waals surface area contributed by atoms with Crippen molar-refractivity contribution in [3.8, 4) is 0 Å². The minimum Gasteiger partial charge on any atom is -0.481 e. The predicted molar refractivity (Wildman–Crippen MR) is 80.7 cm³/mol. The van der Waals surface area contributed by atoms with Crippen molar-refractivity contribution in [1.82, 2.24) is 16.0 Å². The van der Waals surface area contributed by atoms with Gasteiger partial charge in [0.15, 0.2) is 0 Å². The monoisotopic (exact) mass is 346 g/mol. The van der Waals surface area contributed by atoms with Crippen LogP contribution in [0, 0.1) is 0 Å². The molecule has 0 bridgehead atoms. The molecule has 0 aliphatic heterocycles. The summed E-state index contributed by atoms with van der Waals surface area (Å²) in [5.74, 6) is -5.06. The molecule has 0 radical (unpaired) electrons. The standard InChI is InChI=1S/C13H22N4O7/c1-6(10(21)16-7(11(22)23)4-9(19)20)15-12(24)13(2,3)17-8(18)5-14/h6-7H,4-5,14H2,1-3H3,(H,15,24)(H,16,21)(H,17,18)(H,19,20)(H,22,23)/t6-,7-/m0/s1. The molecule has 0 unspecified atom stereocenters. The van der Waals surface area contributed by atoms with Crippen molar-refractivity contribution in [3.63, 3.8) is 0 Å². The van der Waals surface area contributed by atoms with Crippen molar-refractivity contribution < 1.29 is 34.2 Å². The SMILES string of the molecule is C[C@H](NC(=O)C(C)(C)NC(=O)CN)C(=O)N[C@@H](CC(=O)O)C(=O)O. The molecule has 11 nitrogen and oxygen atoms in total. The number of hydrogen-bond acceptors (Lipinski definition) is 6. The Morgan fingerprint density at radius 1 is 1.08 bits per heavy atom. The van der Waals surface area contributed by atoms with Crippen LogP contribution in [0.3, 0.4) is 0 Å². The third-order valence-electron chi connectivity index (χ3n) is 2.94. The summed E-state index contributed by atoms with van der Waals surface area (Å²) < 4.78 is 0. The van der Waals surface area contributed by atoms with E-state index in [-0.39, 0.29) is 6.54 Å². The lowest BCUT2D eigenvalue weighted by atomic mass is 10.0. The van der Waals surface area contributed by atoms with Gasteiger partial charge in [0.05, 0.1) is 13.0 Å². The van der Waals surface area contributed by atoms with E-state index in [4.69, 9.17) is 15.9 Å². The summed E-state index contributed by atoms with van der Waals surface area (Å²) in [6.07, 6.45) is -0.806. The van der Waals surface area contributed by atoms with E-state index in [0.29, 0.717) is 0 Å². The zero-order valence-corrected chi connectivity index (χ0v) is 13.6. The highest BCUT2D eigenvalue weighted by molar-refractivity contribution is 5.95. The third-order valence-corrected chi connectivity index (χ3v) is 2.94. The summed E-state index contributed by atoms with van der Waals surface area (Å²) >= 11 is 0. The maximum Gasteiger partial charge on any atom is 0.326 e. The van der Waals surface area contributed by atoms with Gasteiger partial charge in [-0.05, 0) is 20.8 Å². The highest BCUT2D eigenvalue weighted by atomic mass is 16.4. The lowest BCUT2D eigenvalue weighted by Gasteiger charge is -2.27. The molecule has 0 saturated heterocycles. The Balaban J connectivity index is 4.79. The highest BCUT2D eigenvalue weighted by Gasteiger charge is 2.32. The molecule has 0 heterocycles. The van der Waals surface area contributed by atoms with Gasteiger partial charge in [0.1, 0.15) is 17.6 Å². The first kappa shape index (κ1) is 21.3. The van der Waals surface area contributed by atoms with Crippen molar-refractivity contribution in [1.29, 1.82) is 0 Å². The second-order valence-electron chi connectivity index (χ2n) is 5.57. The van der Waals surface area contributed by atoms with Gasteiger partial charge in [0.2, 0.25) is 17.7 Å². The van der Waals surface area contributed by atoms with Crippen LogP contribution in [0.25, 0.3) is 0 Å². The van der Waals surface area contributed by atoms with E-state index in [1.807, 2.05) is 5.32 Å². The molecule has 11 heteroatoms. The van der Waals surface area contributed by atoms with Crippen molar-refractivity contribution in [2.45, 2.75) is 44.8 Å². The number of carboxylic acid groups (broad SMARTS) is 2. The minimum atomic E-state index is -1.63. The van der Waals surface area contributed by atoms with Gasteiger partial charge in [-0.15, -0.1) is 0 Å². The molecule has 0 aromatic heterocycles. The molecule has 7 N–H and O–H groups in total. The Hall–Kier alpha value is -2.69. The maximum absolute atomic E-state index is 12.1. The van der Waals surface area contributed by atoms with Crippen LogP contribution in [0.2, 0.25) is 0 Å². The van der Waals surface area contributed by atoms with Gasteiger partial charge in [-0.3, -0.25) is 19.2 Å². The van der Waals surface area contributed by atoms with Crippen LogP contribution in [0.1, 0.15) is 27.2 Å². The second-order valence-corrected chi connectivity index (χ2v) is 5.57. The molecule has 0 aliphatic rings. The van der Waals surface area contributed by atoms with E-state index in [0.717, 1.165) is 0 Å². The quantitative estimate of drug-likeness (QED) is 0.262. The number of carbonyl (C=O) groups is 5. The maximum atomic E-state index is 12.1. The van der Waals surface area contributed by atoms with E-state index in [9.17, 15) is 24.0 Å². The van der Waals surface area contributed by atoms with Crippen LogP contribution in [-0.2, 0) is 24.0 Å². The van der Waals surface area contributed by atoms with Gasteiger partial charge >= 0.3 is 11.9 Å². The van der Waals surface area contributed by atoms with E-state index in [2.05, 4.69) is 10.6 Å². The fourth-order valence-electron chi connectivity index (χ4n) is 1.57. The van der Waals surface area contributed by atoms with E-state index < -0.39 is 53.7 Å². The second kappa shape index (κ2) is 8.82. The van der Waals surface area contributed by atoms with Crippen molar-refractivity contribution >= 4 is 29.7 Å². The molecule has 0 aromatic carbocycles. The summed E-state index contributed by atoms with van der Waals surface area (Å²) in [4.78, 5) is 56.7. The Morgan fingerprint density at radius 3 is 2.04 bits per heavy atom. The topological polar surface area (TPSA) is 188 Å². The molecule has 3 amide bonds. The smallest absolute Gasteiger partial charge is 0.326 e. The Kier molecular flexibility index (Phi) is 7.83. The molecule has 0 rings (SSSR count). The summed E-state index contributed by atoms with van der Waals surface area (Å²) in [6.45, 7) is 3.76. The number of carboxylic acids is 2. The predicted octanol–water partition coefficient (Wildman–Crippen LogP) is -2.61. The Bertz CT molecular complexity index is 532. The normalized spacial score (nSPS) is 13.3. The van der Waals surface area contributed by atoms with Crippen molar-refractivity contribution in [3.05, 3.63) is 0 Å². The number of amides is 3. The lowest BCUT2D eigenvalue weighted by molar-refractivity contribution is -0.147. The molecule has 2 atom stereocenters. The average Bonchev–Trinajstić information content (AvgIpc) is 2.44. The molecular weight excluding hydrogens is 324 g/mol. The number of nitrogens with one attached hydrogen (secondary N) is 3.